The van der Waals surface area contributed by atoms with E-state index in [0.29, 0.717) is 30.2 Å². The quantitative estimate of drug-likeness (QED) is 0.666. The van der Waals surface area contributed by atoms with E-state index in [1.807, 2.05) is 36.4 Å². The molecule has 0 saturated heterocycles. The second kappa shape index (κ2) is 8.94. The number of hydrogen-bond donors (Lipinski definition) is 2. The molecule has 5 nitrogen and oxygen atoms in total. The largest absolute Gasteiger partial charge is 0.493 e. The Morgan fingerprint density at radius 2 is 1.79 bits per heavy atom. The van der Waals surface area contributed by atoms with Crippen LogP contribution in [0, 0.1) is 0 Å². The van der Waals surface area contributed by atoms with Crippen LogP contribution >= 0.6 is 31.9 Å². The average Bonchev–Trinajstić information content (AvgIpc) is 2.58. The minimum atomic E-state index is -0.255. The number of halogens is 2. The lowest BCUT2D eigenvalue weighted by Crippen LogP contribution is -2.30. The Morgan fingerprint density at radius 1 is 1.04 bits per heavy atom. The van der Waals surface area contributed by atoms with Crippen molar-refractivity contribution in [2.45, 2.75) is 6.42 Å². The maximum Gasteiger partial charge on any atom is 0.319 e. The molecular weight excluding hydrogens is 440 g/mol. The van der Waals surface area contributed by atoms with E-state index in [2.05, 4.69) is 42.5 Å². The molecule has 0 atom stereocenters. The SMILES string of the molecule is COc1ccc(CCNC(=O)Nc2cc(Br)ccc2Br)cc1OC. The van der Waals surface area contributed by atoms with Crippen LogP contribution in [0.15, 0.2) is 45.3 Å². The van der Waals surface area contributed by atoms with Gasteiger partial charge in [-0.2, -0.15) is 0 Å². The van der Waals surface area contributed by atoms with Crippen molar-refractivity contribution in [3.05, 3.63) is 50.9 Å². The fourth-order valence-corrected chi connectivity index (χ4v) is 2.82. The van der Waals surface area contributed by atoms with Crippen molar-refractivity contribution in [2.75, 3.05) is 26.1 Å². The summed E-state index contributed by atoms with van der Waals surface area (Å²) >= 11 is 6.78. The predicted molar refractivity (Wildman–Crippen MR) is 102 cm³/mol. The Labute approximate surface area is 158 Å². The number of benzene rings is 2. The monoisotopic (exact) mass is 456 g/mol. The zero-order valence-corrected chi connectivity index (χ0v) is 16.5. The van der Waals surface area contributed by atoms with E-state index in [1.165, 1.54) is 0 Å². The first-order chi connectivity index (χ1) is 11.5. The number of urea groups is 1. The Bertz CT molecular complexity index is 723. The molecule has 0 aliphatic carbocycles. The van der Waals surface area contributed by atoms with Gasteiger partial charge in [0.2, 0.25) is 0 Å². The molecule has 0 spiro atoms. The molecule has 0 bridgehead atoms. The number of hydrogen-bond acceptors (Lipinski definition) is 3. The fourth-order valence-electron chi connectivity index (χ4n) is 2.12. The average molecular weight is 458 g/mol. The molecule has 7 heteroatoms. The number of methoxy groups -OCH3 is 2. The van der Waals surface area contributed by atoms with E-state index in [0.717, 1.165) is 14.5 Å². The number of carbonyl (C=O) groups is 1. The first-order valence-electron chi connectivity index (χ1n) is 7.24. The van der Waals surface area contributed by atoms with E-state index in [1.54, 1.807) is 14.2 Å². The second-order valence-corrected chi connectivity index (χ2v) is 6.71. The number of rotatable bonds is 6. The molecule has 2 aromatic rings. The lowest BCUT2D eigenvalue weighted by molar-refractivity contribution is 0.252. The van der Waals surface area contributed by atoms with Gasteiger partial charge < -0.3 is 20.1 Å². The van der Waals surface area contributed by atoms with E-state index in [-0.39, 0.29) is 6.03 Å². The first-order valence-corrected chi connectivity index (χ1v) is 8.83. The van der Waals surface area contributed by atoms with Gasteiger partial charge in [-0.3, -0.25) is 0 Å². The van der Waals surface area contributed by atoms with Gasteiger partial charge in [0.15, 0.2) is 11.5 Å². The van der Waals surface area contributed by atoms with Crippen molar-refractivity contribution in [3.63, 3.8) is 0 Å². The van der Waals surface area contributed by atoms with Gasteiger partial charge in [-0.25, -0.2) is 4.79 Å². The van der Waals surface area contributed by atoms with Crippen LogP contribution in [0.1, 0.15) is 5.56 Å². The molecule has 0 radical (unpaired) electrons. The number of anilines is 1. The number of carbonyl (C=O) groups excluding carboxylic acids is 1. The molecule has 0 saturated carbocycles. The molecule has 0 aromatic heterocycles. The molecule has 2 aromatic carbocycles. The van der Waals surface area contributed by atoms with Crippen molar-refractivity contribution >= 4 is 43.6 Å². The van der Waals surface area contributed by atoms with Gasteiger partial charge in [0.05, 0.1) is 19.9 Å². The minimum Gasteiger partial charge on any atom is -0.493 e. The van der Waals surface area contributed by atoms with E-state index in [4.69, 9.17) is 9.47 Å². The van der Waals surface area contributed by atoms with Gasteiger partial charge in [0.1, 0.15) is 0 Å². The molecular formula is C17H18Br2N2O3. The highest BCUT2D eigenvalue weighted by atomic mass is 79.9. The lowest BCUT2D eigenvalue weighted by Gasteiger charge is -2.11. The highest BCUT2D eigenvalue weighted by Gasteiger charge is 2.07. The standard InChI is InChI=1S/C17H18Br2N2O3/c1-23-15-6-3-11(9-16(15)24-2)7-8-20-17(22)21-14-10-12(18)4-5-13(14)19/h3-6,9-10H,7-8H2,1-2H3,(H2,20,21,22). The summed E-state index contributed by atoms with van der Waals surface area (Å²) in [6.07, 6.45) is 0.688. The van der Waals surface area contributed by atoms with Crippen molar-refractivity contribution in [2.24, 2.45) is 0 Å². The Hall–Kier alpha value is -1.73. The van der Waals surface area contributed by atoms with Gasteiger partial charge in [-0.05, 0) is 58.2 Å². The third-order valence-electron chi connectivity index (χ3n) is 3.32. The van der Waals surface area contributed by atoms with Crippen molar-refractivity contribution in [1.29, 1.82) is 0 Å². The number of nitrogens with one attached hydrogen (secondary N) is 2. The van der Waals surface area contributed by atoms with Crippen LogP contribution in [0.5, 0.6) is 11.5 Å². The van der Waals surface area contributed by atoms with E-state index in [9.17, 15) is 4.79 Å². The summed E-state index contributed by atoms with van der Waals surface area (Å²) in [7, 11) is 3.20. The molecule has 2 N–H and O–H groups in total. The van der Waals surface area contributed by atoms with E-state index < -0.39 is 0 Å². The normalized spacial score (nSPS) is 10.2. The van der Waals surface area contributed by atoms with Crippen LogP contribution in [0.25, 0.3) is 0 Å². The predicted octanol–water partition coefficient (Wildman–Crippen LogP) is 4.59. The topological polar surface area (TPSA) is 59.6 Å². The zero-order chi connectivity index (χ0) is 17.5. The summed E-state index contributed by atoms with van der Waals surface area (Å²) in [5.74, 6) is 1.36. The number of ether oxygens (including phenoxy) is 2. The van der Waals surface area contributed by atoms with Gasteiger partial charge in [0, 0.05) is 15.5 Å². The van der Waals surface area contributed by atoms with Gasteiger partial charge in [0.25, 0.3) is 0 Å². The molecule has 128 valence electrons. The molecule has 2 amide bonds. The van der Waals surface area contributed by atoms with Crippen LogP contribution in [0.3, 0.4) is 0 Å². The molecule has 0 aliphatic rings. The summed E-state index contributed by atoms with van der Waals surface area (Å²) in [5, 5.41) is 5.64. The van der Waals surface area contributed by atoms with Crippen molar-refractivity contribution < 1.29 is 14.3 Å². The molecule has 0 heterocycles. The van der Waals surface area contributed by atoms with Crippen LogP contribution in [-0.4, -0.2) is 26.8 Å². The molecule has 0 aliphatic heterocycles. The summed E-state index contributed by atoms with van der Waals surface area (Å²) in [4.78, 5) is 12.0. The lowest BCUT2D eigenvalue weighted by atomic mass is 10.1. The van der Waals surface area contributed by atoms with Crippen LogP contribution in [0.4, 0.5) is 10.5 Å². The summed E-state index contributed by atoms with van der Waals surface area (Å²) in [6, 6.07) is 11.0. The second-order valence-electron chi connectivity index (χ2n) is 4.94. The Morgan fingerprint density at radius 3 is 2.50 bits per heavy atom. The third kappa shape index (κ3) is 5.14. The van der Waals surface area contributed by atoms with Gasteiger partial charge in [-0.15, -0.1) is 0 Å². The molecule has 0 unspecified atom stereocenters. The minimum absolute atomic E-state index is 0.255. The van der Waals surface area contributed by atoms with Crippen LogP contribution in [0.2, 0.25) is 0 Å². The van der Waals surface area contributed by atoms with E-state index >= 15 is 0 Å². The maximum absolute atomic E-state index is 12.0. The smallest absolute Gasteiger partial charge is 0.319 e. The number of amides is 2. The van der Waals surface area contributed by atoms with Gasteiger partial charge in [-0.1, -0.05) is 22.0 Å². The fraction of sp³-hybridized carbons (Fsp3) is 0.235. The van der Waals surface area contributed by atoms with Crippen LogP contribution < -0.4 is 20.1 Å². The first kappa shape index (κ1) is 18.6. The van der Waals surface area contributed by atoms with Crippen molar-refractivity contribution in [3.8, 4) is 11.5 Å². The third-order valence-corrected chi connectivity index (χ3v) is 4.51. The maximum atomic E-state index is 12.0. The van der Waals surface area contributed by atoms with Crippen molar-refractivity contribution in [1.82, 2.24) is 5.32 Å². The highest BCUT2D eigenvalue weighted by Crippen LogP contribution is 2.28. The highest BCUT2D eigenvalue weighted by molar-refractivity contribution is 9.11. The summed E-state index contributed by atoms with van der Waals surface area (Å²) in [5.41, 5.74) is 1.75. The molecule has 0 fully saturated rings. The Balaban J connectivity index is 1.87. The Kier molecular flexibility index (Phi) is 6.93. The van der Waals surface area contributed by atoms with Crippen LogP contribution in [-0.2, 0) is 6.42 Å². The molecule has 24 heavy (non-hydrogen) atoms. The molecule has 2 rings (SSSR count). The summed E-state index contributed by atoms with van der Waals surface area (Å²) in [6.45, 7) is 0.507. The van der Waals surface area contributed by atoms with Gasteiger partial charge >= 0.3 is 6.03 Å². The zero-order valence-electron chi connectivity index (χ0n) is 13.4. The summed E-state index contributed by atoms with van der Waals surface area (Å²) < 4.78 is 12.2.